The molecule has 1 atom stereocenters. The summed E-state index contributed by atoms with van der Waals surface area (Å²) in [6, 6.07) is 10.4. The van der Waals surface area contributed by atoms with Crippen LogP contribution in [0.15, 0.2) is 42.7 Å². The summed E-state index contributed by atoms with van der Waals surface area (Å²) in [5.41, 5.74) is 8.14. The van der Waals surface area contributed by atoms with Gasteiger partial charge in [-0.05, 0) is 62.3 Å². The summed E-state index contributed by atoms with van der Waals surface area (Å²) in [7, 11) is 0. The van der Waals surface area contributed by atoms with Gasteiger partial charge < -0.3 is 5.11 Å². The summed E-state index contributed by atoms with van der Waals surface area (Å²) in [6.07, 6.45) is 9.31. The molecule has 164 valence electrons. The Morgan fingerprint density at radius 2 is 2.00 bits per heavy atom. The predicted molar refractivity (Wildman–Crippen MR) is 125 cm³/mol. The van der Waals surface area contributed by atoms with E-state index >= 15 is 0 Å². The smallest absolute Gasteiger partial charge is 0.311 e. The minimum atomic E-state index is -0.794. The zero-order valence-electron chi connectivity index (χ0n) is 18.6. The Morgan fingerprint density at radius 3 is 2.69 bits per heavy atom. The monoisotopic (exact) mass is 428 g/mol. The average molecular weight is 429 g/mol. The molecule has 0 radical (unpaired) electrons. The Morgan fingerprint density at radius 1 is 1.22 bits per heavy atom. The summed E-state index contributed by atoms with van der Waals surface area (Å²) < 4.78 is 2.29. The van der Waals surface area contributed by atoms with Gasteiger partial charge in [0, 0.05) is 39.8 Å². The molecule has 0 bridgehead atoms. The SMILES string of the molecule is CCCC(C(=O)O)c1c(C)nc2c(c3c(n2-c2ccccc2)CCCC3)c1-c1cn[nH]c1. The Labute approximate surface area is 187 Å². The van der Waals surface area contributed by atoms with Crippen molar-refractivity contribution >= 4 is 17.0 Å². The number of fused-ring (bicyclic) bond motifs is 3. The number of H-pyrrole nitrogens is 1. The van der Waals surface area contributed by atoms with Crippen molar-refractivity contribution in [3.8, 4) is 16.8 Å². The fourth-order valence-corrected chi connectivity index (χ4v) is 5.33. The Balaban J connectivity index is 1.94. The van der Waals surface area contributed by atoms with Gasteiger partial charge in [-0.3, -0.25) is 14.5 Å². The highest BCUT2D eigenvalue weighted by Gasteiger charge is 2.32. The molecule has 0 saturated carbocycles. The fraction of sp³-hybridized carbons (Fsp3) is 0.346. The first kappa shape index (κ1) is 20.5. The minimum absolute atomic E-state index is 0.579. The molecule has 1 aliphatic rings. The summed E-state index contributed by atoms with van der Waals surface area (Å²) in [6.45, 7) is 3.98. The van der Waals surface area contributed by atoms with Crippen LogP contribution in [-0.4, -0.2) is 30.8 Å². The maximum Gasteiger partial charge on any atom is 0.311 e. The van der Waals surface area contributed by atoms with Gasteiger partial charge in [-0.1, -0.05) is 31.5 Å². The molecule has 6 nitrogen and oxygen atoms in total. The molecule has 1 aliphatic carbocycles. The van der Waals surface area contributed by atoms with E-state index in [9.17, 15) is 9.90 Å². The van der Waals surface area contributed by atoms with Gasteiger partial charge in [-0.15, -0.1) is 0 Å². The number of carboxylic acid groups (broad SMARTS) is 1. The van der Waals surface area contributed by atoms with Crippen molar-refractivity contribution < 1.29 is 9.90 Å². The number of pyridine rings is 1. The van der Waals surface area contributed by atoms with Crippen molar-refractivity contribution in [2.75, 3.05) is 0 Å². The van der Waals surface area contributed by atoms with E-state index in [1.807, 2.05) is 26.1 Å². The molecule has 0 amide bonds. The van der Waals surface area contributed by atoms with Crippen LogP contribution < -0.4 is 0 Å². The number of benzene rings is 1. The minimum Gasteiger partial charge on any atom is -0.481 e. The number of nitrogens with zero attached hydrogens (tertiary/aromatic N) is 3. The molecular weight excluding hydrogens is 400 g/mol. The van der Waals surface area contributed by atoms with E-state index in [1.165, 1.54) is 11.3 Å². The molecule has 0 fully saturated rings. The van der Waals surface area contributed by atoms with Gasteiger partial charge >= 0.3 is 5.97 Å². The number of hydrogen-bond acceptors (Lipinski definition) is 3. The summed E-state index contributed by atoms with van der Waals surface area (Å²) in [5.74, 6) is -1.39. The molecule has 3 heterocycles. The highest BCUT2D eigenvalue weighted by atomic mass is 16.4. The van der Waals surface area contributed by atoms with Gasteiger partial charge in [0.15, 0.2) is 0 Å². The number of aromatic nitrogens is 4. The molecule has 2 N–H and O–H groups in total. The lowest BCUT2D eigenvalue weighted by Crippen LogP contribution is -2.15. The van der Waals surface area contributed by atoms with Crippen LogP contribution in [0.3, 0.4) is 0 Å². The molecule has 32 heavy (non-hydrogen) atoms. The molecule has 0 aliphatic heterocycles. The molecule has 1 unspecified atom stereocenters. The normalized spacial score (nSPS) is 14.4. The first-order valence-corrected chi connectivity index (χ1v) is 11.5. The molecule has 3 aromatic heterocycles. The lowest BCUT2D eigenvalue weighted by atomic mass is 9.84. The Kier molecular flexibility index (Phi) is 5.29. The van der Waals surface area contributed by atoms with E-state index < -0.39 is 11.9 Å². The van der Waals surface area contributed by atoms with E-state index in [0.717, 1.165) is 71.2 Å². The standard InChI is InChI=1S/C26H28N4O2/c1-3-9-20(26(31)32)22-16(2)29-25-24(23(22)17-14-27-28-15-17)19-12-7-8-13-21(19)30(25)18-10-5-4-6-11-18/h4-6,10-11,14-15,20H,3,7-9,12-13H2,1-2H3,(H,27,28)(H,31,32). The van der Waals surface area contributed by atoms with E-state index in [1.54, 1.807) is 6.20 Å². The topological polar surface area (TPSA) is 83.8 Å². The van der Waals surface area contributed by atoms with Crippen molar-refractivity contribution in [1.29, 1.82) is 0 Å². The van der Waals surface area contributed by atoms with E-state index in [0.29, 0.717) is 6.42 Å². The van der Waals surface area contributed by atoms with Crippen LogP contribution in [0.25, 0.3) is 27.8 Å². The van der Waals surface area contributed by atoms with Gasteiger partial charge in [-0.25, -0.2) is 4.98 Å². The average Bonchev–Trinajstić information content (AvgIpc) is 3.44. The third-order valence-electron chi connectivity index (χ3n) is 6.65. The van der Waals surface area contributed by atoms with Crippen LogP contribution in [0.1, 0.15) is 61.0 Å². The van der Waals surface area contributed by atoms with Crippen molar-refractivity contribution in [3.05, 3.63) is 65.2 Å². The highest BCUT2D eigenvalue weighted by Crippen LogP contribution is 2.44. The molecule has 0 spiro atoms. The number of aromatic amines is 1. The van der Waals surface area contributed by atoms with Gasteiger partial charge in [0.25, 0.3) is 0 Å². The maximum atomic E-state index is 12.4. The maximum absolute atomic E-state index is 12.4. The first-order chi connectivity index (χ1) is 15.6. The Hall–Kier alpha value is -3.41. The van der Waals surface area contributed by atoms with Gasteiger partial charge in [-0.2, -0.15) is 5.10 Å². The van der Waals surface area contributed by atoms with Gasteiger partial charge in [0.1, 0.15) is 5.65 Å². The second kappa shape index (κ2) is 8.26. The van der Waals surface area contributed by atoms with Crippen LogP contribution in [-0.2, 0) is 17.6 Å². The Bertz CT molecular complexity index is 1270. The summed E-state index contributed by atoms with van der Waals surface area (Å²) in [4.78, 5) is 17.4. The number of carboxylic acids is 1. The third kappa shape index (κ3) is 3.22. The van der Waals surface area contributed by atoms with Gasteiger partial charge in [0.2, 0.25) is 0 Å². The largest absolute Gasteiger partial charge is 0.481 e. The third-order valence-corrected chi connectivity index (χ3v) is 6.65. The van der Waals surface area contributed by atoms with Gasteiger partial charge in [0.05, 0.1) is 12.1 Å². The number of rotatable bonds is 6. The van der Waals surface area contributed by atoms with Crippen molar-refractivity contribution in [3.63, 3.8) is 0 Å². The van der Waals surface area contributed by atoms with E-state index in [-0.39, 0.29) is 0 Å². The number of aliphatic carboxylic acids is 1. The van der Waals surface area contributed by atoms with Crippen molar-refractivity contribution in [2.24, 2.45) is 0 Å². The number of aryl methyl sites for hydroxylation is 2. The number of carbonyl (C=O) groups is 1. The predicted octanol–water partition coefficient (Wildman–Crippen LogP) is 5.57. The lowest BCUT2D eigenvalue weighted by Gasteiger charge is -2.20. The molecule has 6 heteroatoms. The van der Waals surface area contributed by atoms with Crippen LogP contribution in [0.5, 0.6) is 0 Å². The number of hydrogen-bond donors (Lipinski definition) is 2. The van der Waals surface area contributed by atoms with Crippen LogP contribution >= 0.6 is 0 Å². The number of para-hydroxylation sites is 1. The van der Waals surface area contributed by atoms with Crippen LogP contribution in [0.2, 0.25) is 0 Å². The summed E-state index contributed by atoms with van der Waals surface area (Å²) >= 11 is 0. The lowest BCUT2D eigenvalue weighted by molar-refractivity contribution is -0.139. The second-order valence-corrected chi connectivity index (χ2v) is 8.65. The molecule has 5 rings (SSSR count). The molecule has 4 aromatic rings. The zero-order chi connectivity index (χ0) is 22.2. The second-order valence-electron chi connectivity index (χ2n) is 8.65. The first-order valence-electron chi connectivity index (χ1n) is 11.5. The van der Waals surface area contributed by atoms with Crippen molar-refractivity contribution in [1.82, 2.24) is 19.7 Å². The zero-order valence-corrected chi connectivity index (χ0v) is 18.6. The summed E-state index contributed by atoms with van der Waals surface area (Å²) in [5, 5.41) is 18.4. The van der Waals surface area contributed by atoms with Crippen molar-refractivity contribution in [2.45, 2.75) is 58.3 Å². The molecular formula is C26H28N4O2. The highest BCUT2D eigenvalue weighted by molar-refractivity contribution is 6.01. The molecule has 1 aromatic carbocycles. The van der Waals surface area contributed by atoms with E-state index in [4.69, 9.17) is 4.98 Å². The fourth-order valence-electron chi connectivity index (χ4n) is 5.33. The van der Waals surface area contributed by atoms with E-state index in [2.05, 4.69) is 39.0 Å². The number of nitrogens with one attached hydrogen (secondary N) is 1. The van der Waals surface area contributed by atoms with Crippen LogP contribution in [0.4, 0.5) is 0 Å². The molecule has 0 saturated heterocycles. The quantitative estimate of drug-likeness (QED) is 0.420. The van der Waals surface area contributed by atoms with Crippen LogP contribution in [0, 0.1) is 6.92 Å².